The first kappa shape index (κ1) is 30.6. The van der Waals surface area contributed by atoms with Crippen LogP contribution in [-0.4, -0.2) is 53.1 Å². The molecule has 5 aromatic rings. The molecule has 0 aliphatic carbocycles. The van der Waals surface area contributed by atoms with Crippen LogP contribution < -0.4 is 32.5 Å². The van der Waals surface area contributed by atoms with E-state index in [0.29, 0.717) is 16.7 Å². The summed E-state index contributed by atoms with van der Waals surface area (Å²) in [6.07, 6.45) is 4.20. The first-order chi connectivity index (χ1) is 22.4. The maximum Gasteiger partial charge on any atom is 0.274 e. The van der Waals surface area contributed by atoms with Crippen molar-refractivity contribution in [2.45, 2.75) is 6.42 Å². The maximum absolute atomic E-state index is 13.4. The molecule has 1 fully saturated rings. The van der Waals surface area contributed by atoms with Crippen LogP contribution in [0.5, 0.6) is 0 Å². The molecule has 8 heteroatoms. The minimum atomic E-state index is -0.571. The van der Waals surface area contributed by atoms with E-state index in [0.717, 1.165) is 50.3 Å². The van der Waals surface area contributed by atoms with E-state index < -0.39 is 11.5 Å². The highest BCUT2D eigenvalue weighted by molar-refractivity contribution is 6.01. The van der Waals surface area contributed by atoms with Crippen LogP contribution >= 0.6 is 0 Å². The third-order valence-corrected chi connectivity index (χ3v) is 8.60. The van der Waals surface area contributed by atoms with Gasteiger partial charge in [-0.3, -0.25) is 19.3 Å². The Morgan fingerprint density at radius 3 is 2.15 bits per heavy atom. The third-order valence-electron chi connectivity index (χ3n) is 8.60. The summed E-state index contributed by atoms with van der Waals surface area (Å²) in [7, 11) is 1.58. The fraction of sp³-hybridized carbons (Fsp3) is 0.184. The van der Waals surface area contributed by atoms with Gasteiger partial charge in [0, 0.05) is 56.6 Å². The average molecular weight is 612 g/mol. The number of nitrogens with one attached hydrogen (secondary N) is 1. The minimum absolute atomic E-state index is 0.115. The van der Waals surface area contributed by atoms with Gasteiger partial charge in [-0.2, -0.15) is 0 Å². The van der Waals surface area contributed by atoms with Crippen LogP contribution in [0.4, 0.5) is 5.69 Å². The number of rotatable bonds is 8. The molecule has 3 N–H and O–H groups in total. The lowest BCUT2D eigenvalue weighted by Crippen LogP contribution is -2.52. The molecule has 6 rings (SSSR count). The van der Waals surface area contributed by atoms with Crippen molar-refractivity contribution in [3.8, 4) is 11.1 Å². The number of aromatic amines is 1. The number of carbonyl (C=O) groups is 1. The van der Waals surface area contributed by atoms with Crippen LogP contribution in [0.3, 0.4) is 0 Å². The Kier molecular flexibility index (Phi) is 9.08. The summed E-state index contributed by atoms with van der Waals surface area (Å²) in [6.45, 7) is 5.02. The number of piperazine rings is 1. The number of para-hydroxylation sites is 1. The van der Waals surface area contributed by atoms with Gasteiger partial charge < -0.3 is 20.2 Å². The van der Waals surface area contributed by atoms with E-state index in [2.05, 4.69) is 51.2 Å². The van der Waals surface area contributed by atoms with Gasteiger partial charge in [0.15, 0.2) is 0 Å². The van der Waals surface area contributed by atoms with Crippen LogP contribution in [0.15, 0.2) is 113 Å². The zero-order valence-corrected chi connectivity index (χ0v) is 25.9. The van der Waals surface area contributed by atoms with Gasteiger partial charge in [0.2, 0.25) is 5.91 Å². The number of benzene rings is 4. The van der Waals surface area contributed by atoms with Crippen LogP contribution in [0.1, 0.15) is 27.0 Å². The molecule has 1 aliphatic rings. The number of nitrogens with two attached hydrogens (primary N) is 1. The standard InChI is InChI=1S/C38H37N5O3/c1-41-34(25-28-9-4-2-5-10-28)37(45)40-33(38(41)46)26-30-11-8-14-32(36(39)44)35(30)29-17-15-27(16-18-29)19-20-42-21-23-43(24-22-42)31-12-6-3-7-13-31/h2-18,25-26H,19-24H2,1H3,(H2,39,44)(H,40,45). The van der Waals surface area contributed by atoms with Crippen molar-refractivity contribution in [1.82, 2.24) is 14.5 Å². The van der Waals surface area contributed by atoms with Crippen molar-refractivity contribution in [3.63, 3.8) is 0 Å². The van der Waals surface area contributed by atoms with Crippen LogP contribution in [0, 0.1) is 0 Å². The van der Waals surface area contributed by atoms with Crippen molar-refractivity contribution in [3.05, 3.63) is 157 Å². The van der Waals surface area contributed by atoms with E-state index in [1.807, 2.05) is 54.6 Å². The van der Waals surface area contributed by atoms with Gasteiger partial charge in [0.25, 0.3) is 11.1 Å². The van der Waals surface area contributed by atoms with Crippen molar-refractivity contribution in [2.75, 3.05) is 37.6 Å². The molecule has 0 unspecified atom stereocenters. The predicted octanol–water partition coefficient (Wildman–Crippen LogP) is 2.86. The van der Waals surface area contributed by atoms with Gasteiger partial charge in [-0.05, 0) is 59.0 Å². The Hall–Kier alpha value is -5.47. The third kappa shape index (κ3) is 6.77. The largest absolute Gasteiger partial charge is 0.369 e. The fourth-order valence-electron chi connectivity index (χ4n) is 6.02. The first-order valence-corrected chi connectivity index (χ1v) is 15.5. The number of hydrogen-bond donors (Lipinski definition) is 2. The summed E-state index contributed by atoms with van der Waals surface area (Å²) in [5.41, 5.74) is 10.7. The van der Waals surface area contributed by atoms with E-state index in [9.17, 15) is 14.4 Å². The van der Waals surface area contributed by atoms with E-state index >= 15 is 0 Å². The van der Waals surface area contributed by atoms with Crippen molar-refractivity contribution < 1.29 is 4.79 Å². The van der Waals surface area contributed by atoms with Crippen molar-refractivity contribution in [2.24, 2.45) is 12.8 Å². The Morgan fingerprint density at radius 1 is 0.804 bits per heavy atom. The zero-order valence-electron chi connectivity index (χ0n) is 25.9. The molecule has 0 atom stereocenters. The van der Waals surface area contributed by atoms with Gasteiger partial charge in [-0.1, -0.05) is 84.9 Å². The van der Waals surface area contributed by atoms with Crippen LogP contribution in [0.25, 0.3) is 23.3 Å². The Bertz CT molecular complexity index is 2080. The predicted molar refractivity (Wildman–Crippen MR) is 184 cm³/mol. The van der Waals surface area contributed by atoms with Gasteiger partial charge in [-0.15, -0.1) is 0 Å². The second-order valence-electron chi connectivity index (χ2n) is 11.6. The van der Waals surface area contributed by atoms with E-state index in [-0.39, 0.29) is 16.3 Å². The molecular weight excluding hydrogens is 574 g/mol. The summed E-state index contributed by atoms with van der Waals surface area (Å²) in [6, 6.07) is 33.2. The Morgan fingerprint density at radius 2 is 1.48 bits per heavy atom. The lowest BCUT2D eigenvalue weighted by molar-refractivity contribution is 0.100. The molecule has 0 radical (unpaired) electrons. The highest BCUT2D eigenvalue weighted by Crippen LogP contribution is 2.29. The molecule has 1 saturated heterocycles. The molecule has 1 amide bonds. The maximum atomic E-state index is 13.4. The van der Waals surface area contributed by atoms with Crippen LogP contribution in [0.2, 0.25) is 0 Å². The number of hydrogen-bond acceptors (Lipinski definition) is 5. The van der Waals surface area contributed by atoms with E-state index in [1.165, 1.54) is 15.8 Å². The minimum Gasteiger partial charge on any atom is -0.369 e. The SMILES string of the molecule is Cn1c(=O)c(=Cc2cccc(C(N)=O)c2-c2ccc(CCN3CCN(c4ccccc4)CC3)cc2)[nH]c(=O)c1=Cc1ccccc1. The number of nitrogens with zero attached hydrogens (tertiary/aromatic N) is 3. The molecule has 2 heterocycles. The number of carbonyl (C=O) groups excluding carboxylic acids is 1. The number of H-pyrrole nitrogens is 1. The Balaban J connectivity index is 1.25. The van der Waals surface area contributed by atoms with E-state index in [4.69, 9.17) is 5.73 Å². The number of amides is 1. The summed E-state index contributed by atoms with van der Waals surface area (Å²) in [4.78, 5) is 46.7. The normalized spacial score (nSPS) is 14.5. The molecular formula is C38H37N5O3. The highest BCUT2D eigenvalue weighted by Gasteiger charge is 2.18. The molecule has 0 bridgehead atoms. The lowest BCUT2D eigenvalue weighted by atomic mass is 9.92. The molecule has 46 heavy (non-hydrogen) atoms. The summed E-state index contributed by atoms with van der Waals surface area (Å²) < 4.78 is 1.34. The van der Waals surface area contributed by atoms with Crippen molar-refractivity contribution >= 4 is 23.7 Å². The molecule has 4 aromatic carbocycles. The molecule has 8 nitrogen and oxygen atoms in total. The second kappa shape index (κ2) is 13.7. The van der Waals surface area contributed by atoms with Gasteiger partial charge in [0.05, 0.1) is 0 Å². The van der Waals surface area contributed by atoms with Crippen LogP contribution in [-0.2, 0) is 13.5 Å². The highest BCUT2D eigenvalue weighted by atomic mass is 16.1. The molecule has 1 aliphatic heterocycles. The number of anilines is 1. The monoisotopic (exact) mass is 611 g/mol. The van der Waals surface area contributed by atoms with Gasteiger partial charge in [-0.25, -0.2) is 0 Å². The molecule has 232 valence electrons. The molecule has 1 aromatic heterocycles. The zero-order chi connectivity index (χ0) is 32.0. The average Bonchev–Trinajstić information content (AvgIpc) is 3.09. The fourth-order valence-corrected chi connectivity index (χ4v) is 6.02. The summed E-state index contributed by atoms with van der Waals surface area (Å²) >= 11 is 0. The number of aromatic nitrogens is 2. The molecule has 0 saturated carbocycles. The second-order valence-corrected chi connectivity index (χ2v) is 11.6. The Labute approximate surface area is 267 Å². The van der Waals surface area contributed by atoms with Gasteiger partial charge >= 0.3 is 0 Å². The first-order valence-electron chi connectivity index (χ1n) is 15.5. The van der Waals surface area contributed by atoms with Crippen molar-refractivity contribution in [1.29, 1.82) is 0 Å². The van der Waals surface area contributed by atoms with E-state index in [1.54, 1.807) is 31.3 Å². The summed E-state index contributed by atoms with van der Waals surface area (Å²) in [5, 5.41) is 0.359. The topological polar surface area (TPSA) is 104 Å². The lowest BCUT2D eigenvalue weighted by Gasteiger charge is -2.36. The van der Waals surface area contributed by atoms with Gasteiger partial charge in [0.1, 0.15) is 10.7 Å². The molecule has 0 spiro atoms. The summed E-state index contributed by atoms with van der Waals surface area (Å²) in [5.74, 6) is -0.571. The smallest absolute Gasteiger partial charge is 0.274 e. The quantitative estimate of drug-likeness (QED) is 0.281. The number of primary amides is 1.